The van der Waals surface area contributed by atoms with Crippen molar-refractivity contribution >= 4 is 34.9 Å². The number of imide groups is 1. The number of carbonyl (C=O) groups is 3. The molecule has 3 aliphatic heterocycles. The molecule has 0 aromatic heterocycles. The largest absolute Gasteiger partial charge is 0.292 e. The Morgan fingerprint density at radius 1 is 0.929 bits per heavy atom. The molecule has 28 heavy (non-hydrogen) atoms. The van der Waals surface area contributed by atoms with E-state index < -0.39 is 17.9 Å². The van der Waals surface area contributed by atoms with Crippen LogP contribution in [0.25, 0.3) is 0 Å². The van der Waals surface area contributed by atoms with Gasteiger partial charge in [-0.25, -0.2) is 4.90 Å². The number of halogens is 1. The van der Waals surface area contributed by atoms with E-state index in [0.29, 0.717) is 16.3 Å². The normalized spacial score (nSPS) is 29.2. The molecule has 0 aliphatic carbocycles. The van der Waals surface area contributed by atoms with Crippen molar-refractivity contribution in [2.45, 2.75) is 24.9 Å². The SMILES string of the molecule is O=C(c1ccccc1)[C@@H]1[C@@H]2C(=O)N(c3ccc(Cl)cc3)C(=O)[C@H]2[C@@H]2CCCN12. The summed E-state index contributed by atoms with van der Waals surface area (Å²) in [4.78, 5) is 43.3. The average Bonchev–Trinajstić information content (AvgIpc) is 3.35. The Morgan fingerprint density at radius 2 is 1.61 bits per heavy atom. The molecule has 2 amide bonds. The van der Waals surface area contributed by atoms with Crippen LogP contribution in [0.4, 0.5) is 5.69 Å². The molecule has 3 saturated heterocycles. The summed E-state index contributed by atoms with van der Waals surface area (Å²) >= 11 is 5.95. The summed E-state index contributed by atoms with van der Waals surface area (Å²) in [5.41, 5.74) is 1.10. The number of fused-ring (bicyclic) bond motifs is 3. The van der Waals surface area contributed by atoms with Gasteiger partial charge in [-0.1, -0.05) is 41.9 Å². The van der Waals surface area contributed by atoms with Crippen molar-refractivity contribution in [2.75, 3.05) is 11.4 Å². The highest BCUT2D eigenvalue weighted by atomic mass is 35.5. The Hall–Kier alpha value is -2.50. The fourth-order valence-corrected chi connectivity index (χ4v) is 5.26. The Balaban J connectivity index is 1.55. The molecule has 142 valence electrons. The van der Waals surface area contributed by atoms with Crippen LogP contribution in [0.15, 0.2) is 54.6 Å². The second-order valence-electron chi connectivity index (χ2n) is 7.66. The number of anilines is 1. The van der Waals surface area contributed by atoms with Gasteiger partial charge < -0.3 is 0 Å². The van der Waals surface area contributed by atoms with Crippen molar-refractivity contribution < 1.29 is 14.4 Å². The highest BCUT2D eigenvalue weighted by molar-refractivity contribution is 6.31. The van der Waals surface area contributed by atoms with Gasteiger partial charge in [0.15, 0.2) is 5.78 Å². The summed E-state index contributed by atoms with van der Waals surface area (Å²) in [6, 6.07) is 15.1. The summed E-state index contributed by atoms with van der Waals surface area (Å²) in [6.07, 6.45) is 1.78. The average molecular weight is 395 g/mol. The Labute approximate surface area is 167 Å². The second kappa shape index (κ2) is 6.54. The van der Waals surface area contributed by atoms with E-state index in [1.165, 1.54) is 4.90 Å². The smallest absolute Gasteiger partial charge is 0.239 e. The van der Waals surface area contributed by atoms with Crippen LogP contribution in [0.1, 0.15) is 23.2 Å². The molecule has 0 N–H and O–H groups in total. The fraction of sp³-hybridized carbons (Fsp3) is 0.318. The molecule has 0 saturated carbocycles. The number of hydrogen-bond acceptors (Lipinski definition) is 4. The lowest BCUT2D eigenvalue weighted by atomic mass is 9.85. The van der Waals surface area contributed by atoms with Gasteiger partial charge in [-0.3, -0.25) is 19.3 Å². The maximum Gasteiger partial charge on any atom is 0.239 e. The monoisotopic (exact) mass is 394 g/mol. The van der Waals surface area contributed by atoms with Crippen LogP contribution in [0.2, 0.25) is 5.02 Å². The first-order chi connectivity index (χ1) is 13.6. The molecule has 5 rings (SSSR count). The number of ketones is 1. The van der Waals surface area contributed by atoms with Crippen molar-refractivity contribution in [3.05, 3.63) is 65.2 Å². The molecule has 0 unspecified atom stereocenters. The molecule has 5 nitrogen and oxygen atoms in total. The van der Waals surface area contributed by atoms with E-state index in [2.05, 4.69) is 4.90 Å². The summed E-state index contributed by atoms with van der Waals surface area (Å²) in [6.45, 7) is 0.752. The lowest BCUT2D eigenvalue weighted by molar-refractivity contribution is -0.123. The Morgan fingerprint density at radius 3 is 2.32 bits per heavy atom. The van der Waals surface area contributed by atoms with Gasteiger partial charge in [-0.05, 0) is 43.7 Å². The minimum absolute atomic E-state index is 0.0450. The van der Waals surface area contributed by atoms with E-state index >= 15 is 0 Å². The number of carbonyl (C=O) groups excluding carboxylic acids is 3. The molecule has 0 radical (unpaired) electrons. The minimum atomic E-state index is -0.624. The predicted molar refractivity (Wildman–Crippen MR) is 105 cm³/mol. The van der Waals surface area contributed by atoms with Gasteiger partial charge in [0.1, 0.15) is 0 Å². The summed E-state index contributed by atoms with van der Waals surface area (Å²) in [7, 11) is 0. The molecule has 3 aliphatic rings. The fourth-order valence-electron chi connectivity index (χ4n) is 5.13. The molecule has 4 atom stereocenters. The maximum atomic E-state index is 13.4. The zero-order valence-electron chi connectivity index (χ0n) is 15.1. The number of amides is 2. The molecule has 0 bridgehead atoms. The van der Waals surface area contributed by atoms with Gasteiger partial charge in [0.05, 0.1) is 23.6 Å². The molecule has 2 aromatic rings. The highest BCUT2D eigenvalue weighted by Gasteiger charge is 2.64. The van der Waals surface area contributed by atoms with Crippen LogP contribution >= 0.6 is 11.6 Å². The third-order valence-electron chi connectivity index (χ3n) is 6.26. The van der Waals surface area contributed by atoms with Crippen LogP contribution in [0.3, 0.4) is 0 Å². The predicted octanol–water partition coefficient (Wildman–Crippen LogP) is 3.18. The second-order valence-corrected chi connectivity index (χ2v) is 8.10. The van der Waals surface area contributed by atoms with E-state index in [9.17, 15) is 14.4 Å². The minimum Gasteiger partial charge on any atom is -0.292 e. The zero-order chi connectivity index (χ0) is 19.4. The third kappa shape index (κ3) is 2.46. The van der Waals surface area contributed by atoms with Gasteiger partial charge >= 0.3 is 0 Å². The van der Waals surface area contributed by atoms with Gasteiger partial charge in [0, 0.05) is 16.6 Å². The molecule has 3 fully saturated rings. The molecule has 6 heteroatoms. The van der Waals surface area contributed by atoms with E-state index in [4.69, 9.17) is 11.6 Å². The van der Waals surface area contributed by atoms with Crippen molar-refractivity contribution in [1.29, 1.82) is 0 Å². The molecule has 0 spiro atoms. The van der Waals surface area contributed by atoms with Gasteiger partial charge in [0.2, 0.25) is 11.8 Å². The van der Waals surface area contributed by atoms with Crippen LogP contribution in [-0.4, -0.2) is 41.1 Å². The van der Waals surface area contributed by atoms with E-state index in [1.54, 1.807) is 36.4 Å². The lowest BCUT2D eigenvalue weighted by Crippen LogP contribution is -2.46. The first-order valence-corrected chi connectivity index (χ1v) is 9.94. The Kier molecular flexibility index (Phi) is 4.11. The van der Waals surface area contributed by atoms with Gasteiger partial charge in [-0.2, -0.15) is 0 Å². The van der Waals surface area contributed by atoms with Crippen molar-refractivity contribution in [3.8, 4) is 0 Å². The maximum absolute atomic E-state index is 13.4. The topological polar surface area (TPSA) is 57.7 Å². The molecular weight excluding hydrogens is 376 g/mol. The first-order valence-electron chi connectivity index (χ1n) is 9.56. The van der Waals surface area contributed by atoms with Gasteiger partial charge in [-0.15, -0.1) is 0 Å². The molecule has 3 heterocycles. The van der Waals surface area contributed by atoms with Gasteiger partial charge in [0.25, 0.3) is 0 Å². The number of rotatable bonds is 3. The number of hydrogen-bond donors (Lipinski definition) is 0. The molecular formula is C22H19ClN2O3. The summed E-state index contributed by atoms with van der Waals surface area (Å²) in [5, 5.41) is 0.544. The number of benzene rings is 2. The lowest BCUT2D eigenvalue weighted by Gasteiger charge is -2.27. The van der Waals surface area contributed by atoms with E-state index in [0.717, 1.165) is 19.4 Å². The van der Waals surface area contributed by atoms with Crippen molar-refractivity contribution in [3.63, 3.8) is 0 Å². The first kappa shape index (κ1) is 17.6. The van der Waals surface area contributed by atoms with Crippen molar-refractivity contribution in [1.82, 2.24) is 4.90 Å². The van der Waals surface area contributed by atoms with Crippen LogP contribution < -0.4 is 4.90 Å². The van der Waals surface area contributed by atoms with Crippen LogP contribution in [0, 0.1) is 11.8 Å². The van der Waals surface area contributed by atoms with E-state index in [1.807, 2.05) is 18.2 Å². The summed E-state index contributed by atoms with van der Waals surface area (Å²) in [5.74, 6) is -1.62. The molecule has 2 aromatic carbocycles. The van der Waals surface area contributed by atoms with Crippen molar-refractivity contribution in [2.24, 2.45) is 11.8 Å². The highest BCUT2D eigenvalue weighted by Crippen LogP contribution is 2.48. The summed E-state index contributed by atoms with van der Waals surface area (Å²) < 4.78 is 0. The van der Waals surface area contributed by atoms with Crippen LogP contribution in [-0.2, 0) is 9.59 Å². The quantitative estimate of drug-likeness (QED) is 0.592. The number of nitrogens with zero attached hydrogens (tertiary/aromatic N) is 2. The zero-order valence-corrected chi connectivity index (χ0v) is 15.9. The third-order valence-corrected chi connectivity index (χ3v) is 6.52. The standard InChI is InChI=1S/C22H19ClN2O3/c23-14-8-10-15(11-9-14)25-21(27)17-16-7-4-12-24(16)19(18(17)22(25)28)20(26)13-5-2-1-3-6-13/h1-3,5-6,8-11,16-19H,4,7,12H2/t16-,17-,18+,19-/m0/s1. The van der Waals surface area contributed by atoms with Crippen LogP contribution in [0.5, 0.6) is 0 Å². The number of Topliss-reactive ketones (excluding diaryl/α,β-unsaturated/α-hetero) is 1. The van der Waals surface area contributed by atoms with E-state index in [-0.39, 0.29) is 23.6 Å². The Bertz CT molecular complexity index is 960.